The summed E-state index contributed by atoms with van der Waals surface area (Å²) in [5.74, 6) is 0.848. The molecule has 1 aliphatic heterocycles. The number of carbonyl (C=O) groups is 1. The second-order valence-corrected chi connectivity index (χ2v) is 4.56. The first-order valence-corrected chi connectivity index (χ1v) is 6.67. The lowest BCUT2D eigenvalue weighted by atomic mass is 10.2. The molecule has 0 bridgehead atoms. The van der Waals surface area contributed by atoms with Crippen LogP contribution in [0, 0.1) is 0 Å². The number of nitrogens with one attached hydrogen (secondary N) is 2. The second kappa shape index (κ2) is 6.01. The van der Waals surface area contributed by atoms with E-state index in [2.05, 4.69) is 25.6 Å². The van der Waals surface area contributed by atoms with Gasteiger partial charge in [-0.05, 0) is 31.4 Å². The fourth-order valence-electron chi connectivity index (χ4n) is 2.15. The number of hydrogen-bond donors (Lipinski definition) is 2. The second-order valence-electron chi connectivity index (χ2n) is 4.22. The van der Waals surface area contributed by atoms with Gasteiger partial charge in [0.2, 0.25) is 23.1 Å². The number of nitrogens with zero attached hydrogens (tertiary/aromatic N) is 4. The van der Waals surface area contributed by atoms with Crippen molar-refractivity contribution in [3.05, 3.63) is 5.28 Å². The predicted molar refractivity (Wildman–Crippen MR) is 73.4 cm³/mol. The Morgan fingerprint density at radius 2 is 2.26 bits per heavy atom. The number of anilines is 2. The zero-order chi connectivity index (χ0) is 13.8. The SMILES string of the molecule is CCNc1nc(Cl)nc(N2CCCC2C(=O)NC)n1. The molecular formula is C11H17ClN6O. The van der Waals surface area contributed by atoms with E-state index in [1.165, 1.54) is 0 Å². The summed E-state index contributed by atoms with van der Waals surface area (Å²) in [4.78, 5) is 26.1. The van der Waals surface area contributed by atoms with Gasteiger partial charge in [-0.1, -0.05) is 0 Å². The number of likely N-dealkylation sites (N-methyl/N-ethyl adjacent to an activating group) is 1. The molecule has 1 saturated heterocycles. The maximum absolute atomic E-state index is 11.8. The molecule has 7 nitrogen and oxygen atoms in total. The average Bonchev–Trinajstić information content (AvgIpc) is 2.86. The van der Waals surface area contributed by atoms with Gasteiger partial charge in [-0.25, -0.2) is 0 Å². The molecular weight excluding hydrogens is 268 g/mol. The highest BCUT2D eigenvalue weighted by atomic mass is 35.5. The van der Waals surface area contributed by atoms with Crippen molar-refractivity contribution in [2.45, 2.75) is 25.8 Å². The Morgan fingerprint density at radius 1 is 1.47 bits per heavy atom. The first-order chi connectivity index (χ1) is 9.15. The monoisotopic (exact) mass is 284 g/mol. The molecule has 1 aromatic rings. The zero-order valence-electron chi connectivity index (χ0n) is 11.0. The maximum atomic E-state index is 11.8. The van der Waals surface area contributed by atoms with E-state index in [9.17, 15) is 4.79 Å². The average molecular weight is 285 g/mol. The van der Waals surface area contributed by atoms with Gasteiger partial charge in [0.15, 0.2) is 0 Å². The van der Waals surface area contributed by atoms with E-state index in [-0.39, 0.29) is 17.2 Å². The van der Waals surface area contributed by atoms with Gasteiger partial charge in [0.25, 0.3) is 0 Å². The minimum absolute atomic E-state index is 0.0287. The molecule has 1 atom stereocenters. The van der Waals surface area contributed by atoms with Crippen molar-refractivity contribution in [2.24, 2.45) is 0 Å². The predicted octanol–water partition coefficient (Wildman–Crippen LogP) is 0.672. The van der Waals surface area contributed by atoms with Crippen molar-refractivity contribution in [1.82, 2.24) is 20.3 Å². The van der Waals surface area contributed by atoms with Crippen molar-refractivity contribution in [3.63, 3.8) is 0 Å². The Bertz CT molecular complexity index is 468. The summed E-state index contributed by atoms with van der Waals surface area (Å²) < 4.78 is 0. The van der Waals surface area contributed by atoms with Crippen LogP contribution in [0.25, 0.3) is 0 Å². The van der Waals surface area contributed by atoms with Gasteiger partial charge in [-0.15, -0.1) is 0 Å². The number of carbonyl (C=O) groups excluding carboxylic acids is 1. The molecule has 19 heavy (non-hydrogen) atoms. The van der Waals surface area contributed by atoms with E-state index in [0.29, 0.717) is 18.4 Å². The zero-order valence-corrected chi connectivity index (χ0v) is 11.7. The van der Waals surface area contributed by atoms with Crippen LogP contribution in [-0.4, -0.2) is 47.0 Å². The van der Waals surface area contributed by atoms with Gasteiger partial charge in [-0.2, -0.15) is 15.0 Å². The molecule has 2 N–H and O–H groups in total. The Kier molecular flexibility index (Phi) is 4.36. The summed E-state index contributed by atoms with van der Waals surface area (Å²) in [6.45, 7) is 3.38. The topological polar surface area (TPSA) is 83.0 Å². The third kappa shape index (κ3) is 3.04. The van der Waals surface area contributed by atoms with Crippen LogP contribution in [0.3, 0.4) is 0 Å². The van der Waals surface area contributed by atoms with Crippen molar-refractivity contribution < 1.29 is 4.79 Å². The summed E-state index contributed by atoms with van der Waals surface area (Å²) in [5, 5.41) is 5.79. The third-order valence-corrected chi connectivity index (χ3v) is 3.16. The number of aromatic nitrogens is 3. The third-order valence-electron chi connectivity index (χ3n) is 2.99. The van der Waals surface area contributed by atoms with E-state index < -0.39 is 0 Å². The minimum atomic E-state index is -0.238. The molecule has 104 valence electrons. The largest absolute Gasteiger partial charge is 0.357 e. The summed E-state index contributed by atoms with van der Waals surface area (Å²) in [6.07, 6.45) is 1.72. The van der Waals surface area contributed by atoms with Crippen molar-refractivity contribution in [3.8, 4) is 0 Å². The molecule has 0 aromatic carbocycles. The highest BCUT2D eigenvalue weighted by Gasteiger charge is 2.32. The Labute approximate surface area is 116 Å². The number of amides is 1. The van der Waals surface area contributed by atoms with Gasteiger partial charge in [0, 0.05) is 20.1 Å². The van der Waals surface area contributed by atoms with E-state index >= 15 is 0 Å². The van der Waals surface area contributed by atoms with E-state index in [1.807, 2.05) is 11.8 Å². The maximum Gasteiger partial charge on any atom is 0.242 e. The van der Waals surface area contributed by atoms with Gasteiger partial charge in [0.1, 0.15) is 6.04 Å². The summed E-state index contributed by atoms with van der Waals surface area (Å²) in [7, 11) is 1.63. The van der Waals surface area contributed by atoms with Crippen LogP contribution in [0.1, 0.15) is 19.8 Å². The Balaban J connectivity index is 2.27. The highest BCUT2D eigenvalue weighted by molar-refractivity contribution is 6.28. The minimum Gasteiger partial charge on any atom is -0.357 e. The van der Waals surface area contributed by atoms with Crippen LogP contribution in [0.4, 0.5) is 11.9 Å². The fourth-order valence-corrected chi connectivity index (χ4v) is 2.31. The van der Waals surface area contributed by atoms with Crippen LogP contribution >= 0.6 is 11.6 Å². The number of hydrogen-bond acceptors (Lipinski definition) is 6. The lowest BCUT2D eigenvalue weighted by Crippen LogP contribution is -2.42. The Hall–Kier alpha value is -1.63. The normalized spacial score (nSPS) is 18.5. The molecule has 1 aromatic heterocycles. The standard InChI is InChI=1S/C11H17ClN6O/c1-3-14-10-15-9(12)16-11(17-10)18-6-4-5-7(18)8(19)13-2/h7H,3-6H2,1-2H3,(H,13,19)(H,14,15,16,17). The molecule has 1 aliphatic rings. The molecule has 0 aliphatic carbocycles. The van der Waals surface area contributed by atoms with Crippen molar-refractivity contribution in [1.29, 1.82) is 0 Å². The van der Waals surface area contributed by atoms with Crippen molar-refractivity contribution >= 4 is 29.4 Å². The highest BCUT2D eigenvalue weighted by Crippen LogP contribution is 2.24. The quantitative estimate of drug-likeness (QED) is 0.846. The molecule has 0 spiro atoms. The van der Waals surface area contributed by atoms with Crippen molar-refractivity contribution in [2.75, 3.05) is 30.4 Å². The van der Waals surface area contributed by atoms with Crippen LogP contribution in [-0.2, 0) is 4.79 Å². The van der Waals surface area contributed by atoms with Gasteiger partial charge in [-0.3, -0.25) is 4.79 Å². The summed E-state index contributed by atoms with van der Waals surface area (Å²) >= 11 is 5.90. The van der Waals surface area contributed by atoms with Gasteiger partial charge in [0.05, 0.1) is 0 Å². The Morgan fingerprint density at radius 3 is 2.95 bits per heavy atom. The molecule has 1 amide bonds. The molecule has 2 rings (SSSR count). The molecule has 1 unspecified atom stereocenters. The van der Waals surface area contributed by atoms with Gasteiger partial charge < -0.3 is 15.5 Å². The van der Waals surface area contributed by atoms with E-state index in [1.54, 1.807) is 7.05 Å². The molecule has 8 heteroatoms. The first kappa shape index (κ1) is 13.8. The molecule has 0 radical (unpaired) electrons. The lowest BCUT2D eigenvalue weighted by Gasteiger charge is -2.23. The number of rotatable bonds is 4. The molecule has 2 heterocycles. The molecule has 1 fully saturated rings. The van der Waals surface area contributed by atoms with Gasteiger partial charge >= 0.3 is 0 Å². The summed E-state index contributed by atoms with van der Waals surface area (Å²) in [6, 6.07) is -0.238. The van der Waals surface area contributed by atoms with Crippen LogP contribution in [0.2, 0.25) is 5.28 Å². The molecule has 0 saturated carbocycles. The van der Waals surface area contributed by atoms with Crippen LogP contribution < -0.4 is 15.5 Å². The summed E-state index contributed by atoms with van der Waals surface area (Å²) in [5.41, 5.74) is 0. The van der Waals surface area contributed by atoms with Crippen LogP contribution in [0.15, 0.2) is 0 Å². The van der Waals surface area contributed by atoms with Crippen LogP contribution in [0.5, 0.6) is 0 Å². The fraction of sp³-hybridized carbons (Fsp3) is 0.636. The van der Waals surface area contributed by atoms with E-state index in [4.69, 9.17) is 11.6 Å². The van der Waals surface area contributed by atoms with E-state index in [0.717, 1.165) is 19.4 Å². The lowest BCUT2D eigenvalue weighted by molar-refractivity contribution is -0.121. The smallest absolute Gasteiger partial charge is 0.242 e. The first-order valence-electron chi connectivity index (χ1n) is 6.29. The number of halogens is 1.